The molecule has 0 saturated carbocycles. The van der Waals surface area contributed by atoms with Crippen molar-refractivity contribution in [2.75, 3.05) is 0 Å². The van der Waals surface area contributed by atoms with Gasteiger partial charge in [-0.15, -0.1) is 11.3 Å². The molecule has 2 aromatic carbocycles. The van der Waals surface area contributed by atoms with Crippen LogP contribution in [0.1, 0.15) is 27.9 Å². The van der Waals surface area contributed by atoms with Crippen molar-refractivity contribution < 1.29 is 4.79 Å². The molecule has 0 saturated heterocycles. The Bertz CT molecular complexity index is 784. The van der Waals surface area contributed by atoms with E-state index < -0.39 is 0 Å². The van der Waals surface area contributed by atoms with Crippen LogP contribution >= 0.6 is 11.3 Å². The first-order chi connectivity index (χ1) is 11.7. The third kappa shape index (κ3) is 4.52. The number of hydrogen-bond donors (Lipinski definition) is 1. The minimum Gasteiger partial charge on any atom is -0.349 e. The predicted molar refractivity (Wildman–Crippen MR) is 98.0 cm³/mol. The second kappa shape index (κ2) is 7.88. The van der Waals surface area contributed by atoms with Crippen molar-refractivity contribution in [2.45, 2.75) is 25.8 Å². The summed E-state index contributed by atoms with van der Waals surface area (Å²) in [6.45, 7) is 1.95. The number of benzene rings is 2. The number of aromatic nitrogens is 1. The van der Waals surface area contributed by atoms with E-state index in [1.807, 2.05) is 48.7 Å². The molecule has 0 fully saturated rings. The Hall–Kier alpha value is -2.46. The van der Waals surface area contributed by atoms with Crippen LogP contribution in [-0.2, 0) is 17.6 Å². The maximum atomic E-state index is 12.4. The summed E-state index contributed by atoms with van der Waals surface area (Å²) in [6.07, 6.45) is 1.09. The Morgan fingerprint density at radius 1 is 1.08 bits per heavy atom. The van der Waals surface area contributed by atoms with E-state index >= 15 is 0 Å². The molecular weight excluding hydrogens is 316 g/mol. The van der Waals surface area contributed by atoms with E-state index in [2.05, 4.69) is 34.6 Å². The van der Waals surface area contributed by atoms with Gasteiger partial charge in [-0.2, -0.15) is 0 Å². The minimum absolute atomic E-state index is 0.00471. The number of carbonyl (C=O) groups excluding carboxylic acids is 1. The molecule has 3 nitrogen and oxygen atoms in total. The Morgan fingerprint density at radius 3 is 2.38 bits per heavy atom. The molecule has 122 valence electrons. The van der Waals surface area contributed by atoms with Gasteiger partial charge in [0, 0.05) is 5.38 Å². The highest BCUT2D eigenvalue weighted by atomic mass is 32.1. The maximum Gasteiger partial charge on any atom is 0.226 e. The van der Waals surface area contributed by atoms with Crippen LogP contribution in [0.4, 0.5) is 0 Å². The highest BCUT2D eigenvalue weighted by molar-refractivity contribution is 7.09. The normalized spacial score (nSPS) is 11.9. The molecule has 1 aromatic heterocycles. The Morgan fingerprint density at radius 2 is 1.75 bits per heavy atom. The lowest BCUT2D eigenvalue weighted by molar-refractivity contribution is -0.121. The molecule has 0 aliphatic heterocycles. The fraction of sp³-hybridized carbons (Fsp3) is 0.200. The summed E-state index contributed by atoms with van der Waals surface area (Å²) in [6, 6.07) is 20.3. The maximum absolute atomic E-state index is 12.4. The predicted octanol–water partition coefficient (Wildman–Crippen LogP) is 4.09. The number of rotatable bonds is 6. The van der Waals surface area contributed by atoms with E-state index in [0.29, 0.717) is 6.42 Å². The summed E-state index contributed by atoms with van der Waals surface area (Å²) in [5.41, 5.74) is 3.15. The van der Waals surface area contributed by atoms with Crippen LogP contribution in [0, 0.1) is 6.92 Å². The Kier molecular flexibility index (Phi) is 5.39. The van der Waals surface area contributed by atoms with Crippen molar-refractivity contribution in [3.63, 3.8) is 0 Å². The van der Waals surface area contributed by atoms with Crippen LogP contribution < -0.4 is 5.32 Å². The lowest BCUT2D eigenvalue weighted by atomic mass is 9.98. The lowest BCUT2D eigenvalue weighted by Gasteiger charge is -2.19. The van der Waals surface area contributed by atoms with Crippen LogP contribution in [0.25, 0.3) is 0 Å². The summed E-state index contributed by atoms with van der Waals surface area (Å²) in [7, 11) is 0. The summed E-state index contributed by atoms with van der Waals surface area (Å²) in [4.78, 5) is 16.8. The van der Waals surface area contributed by atoms with Crippen LogP contribution in [-0.4, -0.2) is 10.9 Å². The van der Waals surface area contributed by atoms with Gasteiger partial charge in [-0.05, 0) is 24.5 Å². The first kappa shape index (κ1) is 16.4. The van der Waals surface area contributed by atoms with Gasteiger partial charge >= 0.3 is 0 Å². The van der Waals surface area contributed by atoms with Gasteiger partial charge < -0.3 is 5.32 Å². The van der Waals surface area contributed by atoms with Gasteiger partial charge in [-0.1, -0.05) is 60.7 Å². The van der Waals surface area contributed by atoms with Gasteiger partial charge in [-0.25, -0.2) is 4.98 Å². The molecule has 1 amide bonds. The largest absolute Gasteiger partial charge is 0.349 e. The van der Waals surface area contributed by atoms with E-state index in [1.54, 1.807) is 11.3 Å². The van der Waals surface area contributed by atoms with Gasteiger partial charge in [0.05, 0.1) is 23.2 Å². The summed E-state index contributed by atoms with van der Waals surface area (Å²) >= 11 is 1.57. The zero-order chi connectivity index (χ0) is 16.8. The number of carbonyl (C=O) groups is 1. The topological polar surface area (TPSA) is 42.0 Å². The molecule has 4 heteroatoms. The standard InChI is InChI=1S/C20H20N2OS/c1-15-21-18(14-24-15)13-20(23)22-19(17-10-6-3-7-11-17)12-16-8-4-2-5-9-16/h2-11,14,19H,12-13H2,1H3,(H,22,23). The molecular formula is C20H20N2OS. The monoisotopic (exact) mass is 336 g/mol. The highest BCUT2D eigenvalue weighted by Crippen LogP contribution is 2.19. The van der Waals surface area contributed by atoms with Gasteiger partial charge in [0.1, 0.15) is 0 Å². The SMILES string of the molecule is Cc1nc(CC(=O)NC(Cc2ccccc2)c2ccccc2)cs1. The number of aryl methyl sites for hydroxylation is 1. The van der Waals surface area contributed by atoms with Gasteiger partial charge in [0.2, 0.25) is 5.91 Å². The van der Waals surface area contributed by atoms with Crippen molar-refractivity contribution in [2.24, 2.45) is 0 Å². The van der Waals surface area contributed by atoms with E-state index in [-0.39, 0.29) is 11.9 Å². The summed E-state index contributed by atoms with van der Waals surface area (Å²) in [5, 5.41) is 6.10. The molecule has 0 bridgehead atoms. The van der Waals surface area contributed by atoms with E-state index in [1.165, 1.54) is 5.56 Å². The quantitative estimate of drug-likeness (QED) is 0.736. The highest BCUT2D eigenvalue weighted by Gasteiger charge is 2.16. The molecule has 0 aliphatic carbocycles. The van der Waals surface area contributed by atoms with E-state index in [9.17, 15) is 4.79 Å². The molecule has 24 heavy (non-hydrogen) atoms. The number of thiazole rings is 1. The van der Waals surface area contributed by atoms with Crippen LogP contribution in [0.5, 0.6) is 0 Å². The molecule has 0 aliphatic rings. The van der Waals surface area contributed by atoms with Crippen molar-refractivity contribution in [3.05, 3.63) is 87.9 Å². The third-order valence-electron chi connectivity index (χ3n) is 3.83. The third-order valence-corrected chi connectivity index (χ3v) is 4.65. The summed E-state index contributed by atoms with van der Waals surface area (Å²) in [5.74, 6) is 0.00471. The van der Waals surface area contributed by atoms with Crippen molar-refractivity contribution in [1.82, 2.24) is 10.3 Å². The lowest BCUT2D eigenvalue weighted by Crippen LogP contribution is -2.31. The molecule has 1 unspecified atom stereocenters. The fourth-order valence-electron chi connectivity index (χ4n) is 2.69. The first-order valence-corrected chi connectivity index (χ1v) is 8.88. The van der Waals surface area contributed by atoms with Crippen LogP contribution in [0.3, 0.4) is 0 Å². The first-order valence-electron chi connectivity index (χ1n) is 8.00. The van der Waals surface area contributed by atoms with Crippen molar-refractivity contribution in [1.29, 1.82) is 0 Å². The fourth-order valence-corrected chi connectivity index (χ4v) is 3.30. The zero-order valence-corrected chi connectivity index (χ0v) is 14.4. The van der Waals surface area contributed by atoms with Gasteiger partial charge in [0.25, 0.3) is 0 Å². The van der Waals surface area contributed by atoms with Crippen molar-refractivity contribution in [3.8, 4) is 0 Å². The molecule has 3 rings (SSSR count). The zero-order valence-electron chi connectivity index (χ0n) is 13.6. The average Bonchev–Trinajstić information content (AvgIpc) is 3.01. The van der Waals surface area contributed by atoms with Crippen molar-refractivity contribution >= 4 is 17.2 Å². The number of amides is 1. The molecule has 1 heterocycles. The second-order valence-corrected chi connectivity index (χ2v) is 6.82. The van der Waals surface area contributed by atoms with E-state index in [4.69, 9.17) is 0 Å². The summed E-state index contributed by atoms with van der Waals surface area (Å²) < 4.78 is 0. The number of nitrogens with one attached hydrogen (secondary N) is 1. The number of hydrogen-bond acceptors (Lipinski definition) is 3. The van der Waals surface area contributed by atoms with E-state index in [0.717, 1.165) is 22.7 Å². The minimum atomic E-state index is -0.0409. The van der Waals surface area contributed by atoms with Gasteiger partial charge in [-0.3, -0.25) is 4.79 Å². The Balaban J connectivity index is 1.73. The molecule has 0 radical (unpaired) electrons. The molecule has 1 N–H and O–H groups in total. The second-order valence-electron chi connectivity index (χ2n) is 5.76. The van der Waals surface area contributed by atoms with Crippen LogP contribution in [0.15, 0.2) is 66.0 Å². The number of nitrogens with zero attached hydrogens (tertiary/aromatic N) is 1. The molecule has 0 spiro atoms. The smallest absolute Gasteiger partial charge is 0.226 e. The van der Waals surface area contributed by atoms with Crippen LogP contribution in [0.2, 0.25) is 0 Å². The molecule has 3 aromatic rings. The molecule has 1 atom stereocenters. The van der Waals surface area contributed by atoms with Gasteiger partial charge in [0.15, 0.2) is 0 Å². The average molecular weight is 336 g/mol. The Labute approximate surface area is 146 Å².